The minimum Gasteiger partial charge on any atom is -0.544 e. The number of nitrogens with two attached hydrogens (primary N) is 1. The number of hydrogen-bond acceptors (Lipinski definition) is 5. The molecule has 1 heterocycles. The predicted molar refractivity (Wildman–Crippen MR) is 77.5 cm³/mol. The SMILES string of the molecule is O=C(C[C@H](C(=O)[O-])[NH+]1CC[NH2+]CC1)Nc1cccc([N+](=O)[O-])c1. The fraction of sp³-hybridized carbons (Fsp3) is 0.429. The third kappa shape index (κ3) is 4.73. The van der Waals surface area contributed by atoms with Crippen molar-refractivity contribution >= 4 is 23.3 Å². The zero-order valence-electron chi connectivity index (χ0n) is 12.5. The first kappa shape index (κ1) is 16.8. The van der Waals surface area contributed by atoms with Gasteiger partial charge in [-0.2, -0.15) is 0 Å². The monoisotopic (exact) mass is 323 g/mol. The number of piperazine rings is 1. The lowest BCUT2D eigenvalue weighted by molar-refractivity contribution is -0.961. The van der Waals surface area contributed by atoms with Gasteiger partial charge in [0.15, 0.2) is 0 Å². The van der Waals surface area contributed by atoms with E-state index in [4.69, 9.17) is 0 Å². The van der Waals surface area contributed by atoms with E-state index in [2.05, 4.69) is 10.6 Å². The molecule has 0 bridgehead atoms. The van der Waals surface area contributed by atoms with Gasteiger partial charge < -0.3 is 25.4 Å². The highest BCUT2D eigenvalue weighted by Crippen LogP contribution is 2.17. The first-order valence-electron chi connectivity index (χ1n) is 7.39. The molecule has 9 nitrogen and oxygen atoms in total. The van der Waals surface area contributed by atoms with Gasteiger partial charge in [0.25, 0.3) is 5.69 Å². The Morgan fingerprint density at radius 2 is 2.04 bits per heavy atom. The van der Waals surface area contributed by atoms with Crippen LogP contribution in [-0.2, 0) is 9.59 Å². The number of rotatable bonds is 6. The van der Waals surface area contributed by atoms with Crippen molar-refractivity contribution in [2.24, 2.45) is 0 Å². The maximum atomic E-state index is 12.1. The Morgan fingerprint density at radius 1 is 1.35 bits per heavy atom. The summed E-state index contributed by atoms with van der Waals surface area (Å²) in [5.74, 6) is -1.75. The lowest BCUT2D eigenvalue weighted by Crippen LogP contribution is -3.24. The van der Waals surface area contributed by atoms with Crippen LogP contribution in [0.1, 0.15) is 6.42 Å². The fourth-order valence-corrected chi connectivity index (χ4v) is 2.68. The van der Waals surface area contributed by atoms with Crippen molar-refractivity contribution in [3.8, 4) is 0 Å². The number of benzene rings is 1. The summed E-state index contributed by atoms with van der Waals surface area (Å²) >= 11 is 0. The van der Waals surface area contributed by atoms with Crippen molar-refractivity contribution in [3.05, 3.63) is 34.4 Å². The number of non-ortho nitro benzene ring substituents is 1. The summed E-state index contributed by atoms with van der Waals surface area (Å²) in [6.45, 7) is 2.93. The Hall–Kier alpha value is -2.52. The maximum Gasteiger partial charge on any atom is 0.271 e. The number of quaternary nitrogens is 2. The number of anilines is 1. The van der Waals surface area contributed by atoms with Crippen LogP contribution in [0.15, 0.2) is 24.3 Å². The second-order valence-corrected chi connectivity index (χ2v) is 5.46. The molecule has 1 fully saturated rings. The van der Waals surface area contributed by atoms with E-state index in [1.807, 2.05) is 0 Å². The van der Waals surface area contributed by atoms with Crippen molar-refractivity contribution in [2.45, 2.75) is 12.5 Å². The molecule has 2 rings (SSSR count). The minimum absolute atomic E-state index is 0.142. The molecule has 0 unspecified atom stereocenters. The van der Waals surface area contributed by atoms with Crippen LogP contribution in [0.4, 0.5) is 11.4 Å². The van der Waals surface area contributed by atoms with Gasteiger partial charge in [-0.25, -0.2) is 0 Å². The van der Waals surface area contributed by atoms with Crippen LogP contribution in [0.5, 0.6) is 0 Å². The van der Waals surface area contributed by atoms with Gasteiger partial charge in [0.2, 0.25) is 5.91 Å². The summed E-state index contributed by atoms with van der Waals surface area (Å²) in [4.78, 5) is 34.3. The highest BCUT2D eigenvalue weighted by Gasteiger charge is 2.29. The molecule has 0 aromatic heterocycles. The van der Waals surface area contributed by atoms with Gasteiger partial charge in [0, 0.05) is 17.8 Å². The first-order chi connectivity index (χ1) is 11.0. The molecular weight excluding hydrogens is 304 g/mol. The molecule has 1 atom stereocenters. The molecule has 0 aliphatic carbocycles. The Bertz CT molecular complexity index is 601. The van der Waals surface area contributed by atoms with Crippen LogP contribution in [0.3, 0.4) is 0 Å². The van der Waals surface area contributed by atoms with Gasteiger partial charge in [0.05, 0.1) is 17.3 Å². The van der Waals surface area contributed by atoms with Crippen LogP contribution in [0.25, 0.3) is 0 Å². The van der Waals surface area contributed by atoms with Gasteiger partial charge in [-0.1, -0.05) is 6.07 Å². The minimum atomic E-state index is -1.25. The van der Waals surface area contributed by atoms with Crippen LogP contribution >= 0.6 is 0 Å². The van der Waals surface area contributed by atoms with Crippen LogP contribution in [0, 0.1) is 10.1 Å². The number of carbonyl (C=O) groups is 2. The van der Waals surface area contributed by atoms with E-state index in [1.165, 1.54) is 24.3 Å². The summed E-state index contributed by atoms with van der Waals surface area (Å²) in [7, 11) is 0. The highest BCUT2D eigenvalue weighted by atomic mass is 16.6. The molecule has 0 saturated carbocycles. The number of nitrogens with zero attached hydrogens (tertiary/aromatic N) is 1. The molecule has 1 aliphatic rings. The average molecular weight is 323 g/mol. The number of nitrogens with one attached hydrogen (secondary N) is 2. The lowest BCUT2D eigenvalue weighted by atomic mass is 10.1. The van der Waals surface area contributed by atoms with E-state index >= 15 is 0 Å². The molecule has 1 aliphatic heterocycles. The summed E-state index contributed by atoms with van der Waals surface area (Å²) in [6, 6.07) is 4.60. The van der Waals surface area contributed by atoms with E-state index < -0.39 is 22.8 Å². The third-order valence-corrected chi connectivity index (χ3v) is 3.85. The second-order valence-electron chi connectivity index (χ2n) is 5.46. The van der Waals surface area contributed by atoms with E-state index in [-0.39, 0.29) is 17.8 Å². The van der Waals surface area contributed by atoms with Gasteiger partial charge in [-0.3, -0.25) is 14.9 Å². The van der Waals surface area contributed by atoms with Crippen molar-refractivity contribution in [1.29, 1.82) is 0 Å². The average Bonchev–Trinajstić information content (AvgIpc) is 2.53. The first-order valence-corrected chi connectivity index (χ1v) is 7.39. The smallest absolute Gasteiger partial charge is 0.271 e. The van der Waals surface area contributed by atoms with Crippen LogP contribution in [-0.4, -0.2) is 49.0 Å². The van der Waals surface area contributed by atoms with Crippen molar-refractivity contribution in [3.63, 3.8) is 0 Å². The highest BCUT2D eigenvalue weighted by molar-refractivity contribution is 5.93. The number of carbonyl (C=O) groups excluding carboxylic acids is 2. The van der Waals surface area contributed by atoms with Gasteiger partial charge in [-0.05, 0) is 6.07 Å². The number of carboxylic acid groups (broad SMARTS) is 1. The van der Waals surface area contributed by atoms with Gasteiger partial charge >= 0.3 is 0 Å². The molecule has 1 aromatic carbocycles. The number of carboxylic acids is 1. The van der Waals surface area contributed by atoms with Crippen molar-refractivity contribution in [2.75, 3.05) is 31.5 Å². The normalized spacial score (nSPS) is 16.5. The molecule has 23 heavy (non-hydrogen) atoms. The second kappa shape index (κ2) is 7.65. The zero-order valence-corrected chi connectivity index (χ0v) is 12.5. The molecule has 0 spiro atoms. The topological polar surface area (TPSA) is 133 Å². The molecule has 4 N–H and O–H groups in total. The third-order valence-electron chi connectivity index (χ3n) is 3.85. The molecule has 9 heteroatoms. The standard InChI is InChI=1S/C14H18N4O5/c19-13(16-10-2-1-3-11(8-10)18(22)23)9-12(14(20)21)17-6-4-15-5-7-17/h1-3,8,12,15H,4-7,9H2,(H,16,19)(H,20,21)/p+1/t12-/m1/s1. The number of nitro benzene ring substituents is 1. The van der Waals surface area contributed by atoms with Crippen molar-refractivity contribution < 1.29 is 29.8 Å². The number of aliphatic carboxylic acids is 1. The maximum absolute atomic E-state index is 12.1. The van der Waals surface area contributed by atoms with Crippen LogP contribution < -0.4 is 20.6 Å². The Kier molecular flexibility index (Phi) is 5.61. The summed E-state index contributed by atoms with van der Waals surface area (Å²) < 4.78 is 0. The molecule has 124 valence electrons. The van der Waals surface area contributed by atoms with Gasteiger partial charge in [0.1, 0.15) is 32.2 Å². The fourth-order valence-electron chi connectivity index (χ4n) is 2.68. The molecule has 0 radical (unpaired) electrons. The summed E-state index contributed by atoms with van der Waals surface area (Å²) in [5.41, 5.74) is 0.125. The number of amides is 1. The Balaban J connectivity index is 2.00. The van der Waals surface area contributed by atoms with E-state index in [1.54, 1.807) is 0 Å². The number of nitro groups is 1. The zero-order chi connectivity index (χ0) is 16.8. The van der Waals surface area contributed by atoms with Crippen molar-refractivity contribution in [1.82, 2.24) is 0 Å². The Morgan fingerprint density at radius 3 is 2.65 bits per heavy atom. The van der Waals surface area contributed by atoms with Gasteiger partial charge in [-0.15, -0.1) is 0 Å². The molecular formula is C14H19N4O5+. The van der Waals surface area contributed by atoms with Crippen LogP contribution in [0.2, 0.25) is 0 Å². The molecule has 1 amide bonds. The number of hydrogen-bond donors (Lipinski definition) is 3. The van der Waals surface area contributed by atoms with E-state index in [9.17, 15) is 24.8 Å². The predicted octanol–water partition coefficient (Wildman–Crippen LogP) is -3.50. The summed E-state index contributed by atoms with van der Waals surface area (Å²) in [6.07, 6.45) is -0.222. The largest absolute Gasteiger partial charge is 0.544 e. The van der Waals surface area contributed by atoms with E-state index in [0.717, 1.165) is 18.0 Å². The molecule has 1 saturated heterocycles. The Labute approximate surface area is 132 Å². The molecule has 1 aromatic rings. The van der Waals surface area contributed by atoms with E-state index in [0.29, 0.717) is 13.1 Å². The lowest BCUT2D eigenvalue weighted by Gasteiger charge is -2.30. The quantitative estimate of drug-likeness (QED) is 0.369. The summed E-state index contributed by atoms with van der Waals surface area (Å²) in [5, 5.41) is 26.6.